The number of aromatic nitrogens is 3. The number of anilines is 2. The third-order valence-electron chi connectivity index (χ3n) is 1.67. The van der Waals surface area contributed by atoms with Crippen LogP contribution in [0.5, 0.6) is 0 Å². The lowest BCUT2D eigenvalue weighted by atomic mass is 10.3. The fourth-order valence-electron chi connectivity index (χ4n) is 0.915. The van der Waals surface area contributed by atoms with Gasteiger partial charge in [-0.2, -0.15) is 0 Å². The summed E-state index contributed by atoms with van der Waals surface area (Å²) in [5.41, 5.74) is 7.11. The Balaban J connectivity index is 3.18. The Kier molecular flexibility index (Phi) is 2.36. The van der Waals surface area contributed by atoms with Crippen molar-refractivity contribution < 1.29 is 0 Å². The highest BCUT2D eigenvalue weighted by Crippen LogP contribution is 2.19. The van der Waals surface area contributed by atoms with Crippen molar-refractivity contribution in [1.29, 1.82) is 0 Å². The Hall–Kier alpha value is -1.78. The van der Waals surface area contributed by atoms with Crippen LogP contribution in [-0.2, 0) is 0 Å². The van der Waals surface area contributed by atoms with Crippen LogP contribution in [-0.4, -0.2) is 21.8 Å². The van der Waals surface area contributed by atoms with Crippen LogP contribution in [0.1, 0.15) is 6.92 Å². The SMILES string of the molecule is C=C(C)C(=C)n1c(N)nnc1NC. The predicted molar refractivity (Wildman–Crippen MR) is 54.1 cm³/mol. The molecule has 0 aliphatic carbocycles. The number of hydrogen-bond acceptors (Lipinski definition) is 4. The lowest BCUT2D eigenvalue weighted by molar-refractivity contribution is 1.08. The summed E-state index contributed by atoms with van der Waals surface area (Å²) in [5.74, 6) is 0.864. The highest BCUT2D eigenvalue weighted by Gasteiger charge is 2.10. The predicted octanol–water partition coefficient (Wildman–Crippen LogP) is 0.949. The van der Waals surface area contributed by atoms with Crippen molar-refractivity contribution in [3.8, 4) is 0 Å². The first kappa shape index (κ1) is 9.31. The number of nitrogens with zero attached hydrogens (tertiary/aromatic N) is 3. The summed E-state index contributed by atoms with van der Waals surface area (Å²) < 4.78 is 1.61. The Morgan fingerprint density at radius 2 is 2.08 bits per heavy atom. The van der Waals surface area contributed by atoms with E-state index in [-0.39, 0.29) is 0 Å². The number of nitrogens with one attached hydrogen (secondary N) is 1. The molecular formula is C8H13N5. The molecule has 1 aromatic rings. The van der Waals surface area contributed by atoms with Gasteiger partial charge in [0.2, 0.25) is 11.9 Å². The first-order chi connectivity index (χ1) is 6.07. The van der Waals surface area contributed by atoms with Gasteiger partial charge in [0, 0.05) is 12.7 Å². The Bertz CT molecular complexity index is 349. The molecule has 0 aliphatic heterocycles. The van der Waals surface area contributed by atoms with E-state index in [4.69, 9.17) is 5.73 Å². The highest BCUT2D eigenvalue weighted by molar-refractivity contribution is 5.66. The molecule has 0 spiro atoms. The van der Waals surface area contributed by atoms with Crippen molar-refractivity contribution in [3.05, 3.63) is 18.7 Å². The standard InChI is InChI=1S/C8H13N5/c1-5(2)6(3)13-7(9)11-12-8(13)10-4/h1,3H2,2,4H3,(H2,9,11)(H,10,12). The van der Waals surface area contributed by atoms with Gasteiger partial charge in [-0.15, -0.1) is 10.2 Å². The lowest BCUT2D eigenvalue weighted by Crippen LogP contribution is -2.06. The van der Waals surface area contributed by atoms with Crippen molar-refractivity contribution in [3.63, 3.8) is 0 Å². The van der Waals surface area contributed by atoms with Gasteiger partial charge in [0.1, 0.15) is 0 Å². The molecule has 0 fully saturated rings. The maximum Gasteiger partial charge on any atom is 0.230 e. The molecule has 1 heterocycles. The minimum atomic E-state index is 0.303. The number of hydrogen-bond donors (Lipinski definition) is 2. The molecule has 0 radical (unpaired) electrons. The molecule has 0 saturated heterocycles. The molecule has 0 atom stereocenters. The molecule has 0 saturated carbocycles. The maximum absolute atomic E-state index is 5.60. The van der Waals surface area contributed by atoms with Gasteiger partial charge in [-0.1, -0.05) is 13.2 Å². The van der Waals surface area contributed by atoms with Crippen LogP contribution in [0.3, 0.4) is 0 Å². The molecule has 1 rings (SSSR count). The molecule has 0 amide bonds. The highest BCUT2D eigenvalue weighted by atomic mass is 15.4. The van der Waals surface area contributed by atoms with E-state index in [1.165, 1.54) is 0 Å². The summed E-state index contributed by atoms with van der Waals surface area (Å²) in [7, 11) is 1.74. The Labute approximate surface area is 77.0 Å². The van der Waals surface area contributed by atoms with Crippen LogP contribution in [0.2, 0.25) is 0 Å². The number of nitrogens with two attached hydrogens (primary N) is 1. The second-order valence-electron chi connectivity index (χ2n) is 2.69. The molecule has 1 aromatic heterocycles. The second kappa shape index (κ2) is 3.30. The summed E-state index contributed by atoms with van der Waals surface area (Å²) in [5, 5.41) is 10.4. The Morgan fingerprint density at radius 3 is 2.54 bits per heavy atom. The lowest BCUT2D eigenvalue weighted by Gasteiger charge is -2.09. The molecule has 0 bridgehead atoms. The average Bonchev–Trinajstić information content (AvgIpc) is 2.45. The Morgan fingerprint density at radius 1 is 1.46 bits per heavy atom. The van der Waals surface area contributed by atoms with E-state index >= 15 is 0 Å². The van der Waals surface area contributed by atoms with Gasteiger partial charge in [0.05, 0.1) is 0 Å². The van der Waals surface area contributed by atoms with Crippen LogP contribution in [0.4, 0.5) is 11.9 Å². The van der Waals surface area contributed by atoms with Crippen molar-refractivity contribution >= 4 is 17.6 Å². The van der Waals surface area contributed by atoms with E-state index in [9.17, 15) is 0 Å². The van der Waals surface area contributed by atoms with E-state index < -0.39 is 0 Å². The molecule has 3 N–H and O–H groups in total. The molecule has 0 unspecified atom stereocenters. The van der Waals surface area contributed by atoms with Crippen molar-refractivity contribution in [2.24, 2.45) is 0 Å². The van der Waals surface area contributed by atoms with E-state index in [1.54, 1.807) is 11.6 Å². The van der Waals surface area contributed by atoms with Crippen molar-refractivity contribution in [2.45, 2.75) is 6.92 Å². The summed E-state index contributed by atoms with van der Waals surface area (Å²) >= 11 is 0. The second-order valence-corrected chi connectivity index (χ2v) is 2.69. The summed E-state index contributed by atoms with van der Waals surface area (Å²) in [4.78, 5) is 0. The first-order valence-electron chi connectivity index (χ1n) is 3.81. The maximum atomic E-state index is 5.60. The minimum absolute atomic E-state index is 0.303. The fourth-order valence-corrected chi connectivity index (χ4v) is 0.915. The molecule has 5 nitrogen and oxygen atoms in total. The largest absolute Gasteiger partial charge is 0.368 e. The van der Waals surface area contributed by atoms with Gasteiger partial charge in [-0.25, -0.2) is 4.57 Å². The van der Waals surface area contributed by atoms with E-state index in [0.717, 1.165) is 5.57 Å². The average molecular weight is 179 g/mol. The van der Waals surface area contributed by atoms with Gasteiger partial charge < -0.3 is 11.1 Å². The summed E-state index contributed by atoms with van der Waals surface area (Å²) in [6.07, 6.45) is 0. The molecule has 0 aromatic carbocycles. The van der Waals surface area contributed by atoms with Crippen LogP contribution < -0.4 is 11.1 Å². The van der Waals surface area contributed by atoms with E-state index in [2.05, 4.69) is 28.7 Å². The topological polar surface area (TPSA) is 68.8 Å². The van der Waals surface area contributed by atoms with Gasteiger partial charge in [0.25, 0.3) is 0 Å². The number of allylic oxidation sites excluding steroid dienone is 2. The number of rotatable bonds is 3. The van der Waals surface area contributed by atoms with E-state index in [0.29, 0.717) is 17.6 Å². The molecule has 70 valence electrons. The summed E-state index contributed by atoms with van der Waals surface area (Å²) in [6, 6.07) is 0. The van der Waals surface area contributed by atoms with E-state index in [1.807, 2.05) is 6.92 Å². The minimum Gasteiger partial charge on any atom is -0.368 e. The number of nitrogen functional groups attached to an aromatic ring is 1. The van der Waals surface area contributed by atoms with Gasteiger partial charge >= 0.3 is 0 Å². The van der Waals surface area contributed by atoms with Crippen LogP contribution >= 0.6 is 0 Å². The van der Waals surface area contributed by atoms with Gasteiger partial charge in [0.15, 0.2) is 0 Å². The van der Waals surface area contributed by atoms with Gasteiger partial charge in [-0.3, -0.25) is 0 Å². The molecule has 5 heteroatoms. The van der Waals surface area contributed by atoms with Crippen LogP contribution in [0.25, 0.3) is 5.70 Å². The zero-order valence-corrected chi connectivity index (χ0v) is 7.83. The van der Waals surface area contributed by atoms with Crippen LogP contribution in [0.15, 0.2) is 18.7 Å². The fraction of sp³-hybridized carbons (Fsp3) is 0.250. The smallest absolute Gasteiger partial charge is 0.230 e. The molecule has 13 heavy (non-hydrogen) atoms. The molecular weight excluding hydrogens is 166 g/mol. The van der Waals surface area contributed by atoms with Crippen LogP contribution in [0, 0.1) is 0 Å². The summed E-state index contributed by atoms with van der Waals surface area (Å²) in [6.45, 7) is 9.45. The first-order valence-corrected chi connectivity index (χ1v) is 3.81. The monoisotopic (exact) mass is 179 g/mol. The molecule has 0 aliphatic rings. The zero-order chi connectivity index (χ0) is 10.0. The van der Waals surface area contributed by atoms with Crippen molar-refractivity contribution in [1.82, 2.24) is 14.8 Å². The zero-order valence-electron chi connectivity index (χ0n) is 7.83. The quantitative estimate of drug-likeness (QED) is 0.678. The van der Waals surface area contributed by atoms with Crippen molar-refractivity contribution in [2.75, 3.05) is 18.1 Å². The normalized spacial score (nSPS) is 9.69. The van der Waals surface area contributed by atoms with Gasteiger partial charge in [-0.05, 0) is 12.5 Å². The third-order valence-corrected chi connectivity index (χ3v) is 1.67. The third kappa shape index (κ3) is 1.53.